The first-order chi connectivity index (χ1) is 14.8. The lowest BCUT2D eigenvalue weighted by atomic mass is 9.95. The quantitative estimate of drug-likeness (QED) is 0.745. The Morgan fingerprint density at radius 2 is 1.77 bits per heavy atom. The van der Waals surface area contributed by atoms with Crippen LogP contribution in [0.1, 0.15) is 51.4 Å². The highest BCUT2D eigenvalue weighted by Gasteiger charge is 2.40. The van der Waals surface area contributed by atoms with Gasteiger partial charge in [0.05, 0.1) is 16.3 Å². The Balaban J connectivity index is 1.67. The van der Waals surface area contributed by atoms with E-state index < -0.39 is 10.0 Å². The van der Waals surface area contributed by atoms with Crippen LogP contribution in [0.2, 0.25) is 0 Å². The summed E-state index contributed by atoms with van der Waals surface area (Å²) in [6.07, 6.45) is 8.07. The van der Waals surface area contributed by atoms with Crippen molar-refractivity contribution < 1.29 is 18.0 Å². The largest absolute Gasteiger partial charge is 0.358 e. The SMILES string of the molecule is CN(C)S(=O)(=O)c1ccc2c(c1)N(CC(=O)NC1CCCCC1)C(=O)C1CCCCN21. The highest BCUT2D eigenvalue weighted by molar-refractivity contribution is 7.89. The molecule has 1 aliphatic carbocycles. The van der Waals surface area contributed by atoms with E-state index in [1.165, 1.54) is 25.4 Å². The third-order valence-corrected chi connectivity index (χ3v) is 8.46. The molecule has 0 aromatic heterocycles. The van der Waals surface area contributed by atoms with Crippen LogP contribution in [0.3, 0.4) is 0 Å². The number of sulfonamides is 1. The molecule has 1 aromatic rings. The average molecular weight is 449 g/mol. The summed E-state index contributed by atoms with van der Waals surface area (Å²) in [7, 11) is -0.691. The zero-order valence-corrected chi connectivity index (χ0v) is 19.2. The maximum absolute atomic E-state index is 13.4. The summed E-state index contributed by atoms with van der Waals surface area (Å²) in [4.78, 5) is 29.9. The molecule has 8 nitrogen and oxygen atoms in total. The molecule has 2 aliphatic heterocycles. The number of benzene rings is 1. The molecule has 0 radical (unpaired) electrons. The van der Waals surface area contributed by atoms with Gasteiger partial charge < -0.3 is 10.2 Å². The standard InChI is InChI=1S/C22H32N4O4S/c1-24(2)31(29,30)17-11-12-18-20(14-17)26(22(28)19-10-6-7-13-25(18)19)15-21(27)23-16-8-4-3-5-9-16/h11-12,14,16,19H,3-10,13,15H2,1-2H3,(H,23,27). The van der Waals surface area contributed by atoms with Crippen molar-refractivity contribution in [2.24, 2.45) is 0 Å². The topological polar surface area (TPSA) is 90.0 Å². The molecular formula is C22H32N4O4S. The lowest BCUT2D eigenvalue weighted by Crippen LogP contribution is -2.57. The van der Waals surface area contributed by atoms with E-state index >= 15 is 0 Å². The minimum atomic E-state index is -3.66. The molecule has 1 N–H and O–H groups in total. The van der Waals surface area contributed by atoms with Crippen LogP contribution in [0.4, 0.5) is 11.4 Å². The van der Waals surface area contributed by atoms with E-state index in [2.05, 4.69) is 10.2 Å². The van der Waals surface area contributed by atoms with Gasteiger partial charge in [0.15, 0.2) is 0 Å². The number of fused-ring (bicyclic) bond motifs is 3. The van der Waals surface area contributed by atoms with Crippen LogP contribution >= 0.6 is 0 Å². The first kappa shape index (κ1) is 22.1. The van der Waals surface area contributed by atoms with Gasteiger partial charge in [0.25, 0.3) is 0 Å². The Bertz CT molecular complexity index is 956. The molecule has 2 amide bonds. The molecule has 0 bridgehead atoms. The Labute approximate surface area is 184 Å². The lowest BCUT2D eigenvalue weighted by Gasteiger charge is -2.45. The molecule has 0 spiro atoms. The molecule has 1 saturated heterocycles. The molecular weight excluding hydrogens is 416 g/mol. The lowest BCUT2D eigenvalue weighted by molar-refractivity contribution is -0.125. The highest BCUT2D eigenvalue weighted by Crippen LogP contribution is 2.40. The number of nitrogens with zero attached hydrogens (tertiary/aromatic N) is 3. The fourth-order valence-corrected chi connectivity index (χ4v) is 5.86. The molecule has 2 fully saturated rings. The number of rotatable bonds is 5. The number of carbonyl (C=O) groups excluding carboxylic acids is 2. The van der Waals surface area contributed by atoms with E-state index in [1.54, 1.807) is 18.2 Å². The zero-order valence-electron chi connectivity index (χ0n) is 18.3. The summed E-state index contributed by atoms with van der Waals surface area (Å²) in [5.41, 5.74) is 1.33. The van der Waals surface area contributed by atoms with Gasteiger partial charge in [-0.1, -0.05) is 19.3 Å². The summed E-state index contributed by atoms with van der Waals surface area (Å²) in [6.45, 7) is 0.670. The molecule has 4 rings (SSSR count). The van der Waals surface area contributed by atoms with Crippen LogP contribution in [0.5, 0.6) is 0 Å². The number of hydrogen-bond donors (Lipinski definition) is 1. The Hall–Kier alpha value is -2.13. The van der Waals surface area contributed by atoms with Crippen LogP contribution in [0.15, 0.2) is 23.1 Å². The molecule has 2 heterocycles. The van der Waals surface area contributed by atoms with E-state index in [0.717, 1.165) is 61.5 Å². The number of amides is 2. The molecule has 31 heavy (non-hydrogen) atoms. The van der Waals surface area contributed by atoms with Crippen LogP contribution in [-0.2, 0) is 19.6 Å². The number of anilines is 2. The van der Waals surface area contributed by atoms with Gasteiger partial charge in [-0.2, -0.15) is 0 Å². The third kappa shape index (κ3) is 4.30. The molecule has 1 atom stereocenters. The Morgan fingerprint density at radius 1 is 1.06 bits per heavy atom. The first-order valence-electron chi connectivity index (χ1n) is 11.2. The molecule has 1 saturated carbocycles. The maximum Gasteiger partial charge on any atom is 0.250 e. The summed E-state index contributed by atoms with van der Waals surface area (Å²) in [5.74, 6) is -0.304. The van der Waals surface area contributed by atoms with E-state index in [4.69, 9.17) is 0 Å². The maximum atomic E-state index is 13.4. The fraction of sp³-hybridized carbons (Fsp3) is 0.636. The van der Waals surface area contributed by atoms with Gasteiger partial charge in [0, 0.05) is 26.7 Å². The summed E-state index contributed by atoms with van der Waals surface area (Å²) < 4.78 is 26.6. The van der Waals surface area contributed by atoms with Crippen LogP contribution in [-0.4, -0.2) is 63.8 Å². The molecule has 170 valence electrons. The van der Waals surface area contributed by atoms with Crippen molar-refractivity contribution in [3.05, 3.63) is 18.2 Å². The molecule has 1 unspecified atom stereocenters. The van der Waals surface area contributed by atoms with Gasteiger partial charge in [0.1, 0.15) is 12.6 Å². The van der Waals surface area contributed by atoms with Gasteiger partial charge in [0.2, 0.25) is 21.8 Å². The van der Waals surface area contributed by atoms with E-state index in [0.29, 0.717) is 5.69 Å². The monoisotopic (exact) mass is 448 g/mol. The molecule has 3 aliphatic rings. The van der Waals surface area contributed by atoms with Crippen molar-refractivity contribution in [2.75, 3.05) is 37.0 Å². The fourth-order valence-electron chi connectivity index (χ4n) is 4.94. The van der Waals surface area contributed by atoms with Crippen LogP contribution in [0.25, 0.3) is 0 Å². The van der Waals surface area contributed by atoms with Crippen LogP contribution in [0, 0.1) is 0 Å². The normalized spacial score (nSPS) is 22.3. The predicted molar refractivity (Wildman–Crippen MR) is 120 cm³/mol. The van der Waals surface area contributed by atoms with Gasteiger partial charge in [-0.15, -0.1) is 0 Å². The summed E-state index contributed by atoms with van der Waals surface area (Å²) in [5, 5.41) is 3.08. The van der Waals surface area contributed by atoms with E-state index in [1.807, 2.05) is 0 Å². The van der Waals surface area contributed by atoms with Crippen molar-refractivity contribution in [1.82, 2.24) is 9.62 Å². The van der Waals surface area contributed by atoms with Gasteiger partial charge in [-0.05, 0) is 50.3 Å². The zero-order chi connectivity index (χ0) is 22.2. The number of nitrogens with one attached hydrogen (secondary N) is 1. The Morgan fingerprint density at radius 3 is 2.48 bits per heavy atom. The second-order valence-corrected chi connectivity index (χ2v) is 11.1. The highest BCUT2D eigenvalue weighted by atomic mass is 32.2. The predicted octanol–water partition coefficient (Wildman–Crippen LogP) is 2.09. The van der Waals surface area contributed by atoms with Gasteiger partial charge >= 0.3 is 0 Å². The average Bonchev–Trinajstić information content (AvgIpc) is 2.76. The Kier molecular flexibility index (Phi) is 6.25. The molecule has 9 heteroatoms. The van der Waals surface area contributed by atoms with E-state index in [-0.39, 0.29) is 35.3 Å². The first-order valence-corrected chi connectivity index (χ1v) is 12.7. The number of piperidine rings is 1. The minimum absolute atomic E-state index is 0.0852. The second kappa shape index (κ2) is 8.78. The van der Waals surface area contributed by atoms with Crippen molar-refractivity contribution in [1.29, 1.82) is 0 Å². The third-order valence-electron chi connectivity index (χ3n) is 6.65. The van der Waals surface area contributed by atoms with Crippen molar-refractivity contribution in [3.63, 3.8) is 0 Å². The van der Waals surface area contributed by atoms with Crippen molar-refractivity contribution in [2.45, 2.75) is 68.3 Å². The summed E-state index contributed by atoms with van der Waals surface area (Å²) in [6, 6.07) is 4.78. The van der Waals surface area contributed by atoms with Crippen LogP contribution < -0.4 is 15.1 Å². The number of carbonyl (C=O) groups is 2. The molecule has 1 aromatic carbocycles. The van der Waals surface area contributed by atoms with Crippen molar-refractivity contribution in [3.8, 4) is 0 Å². The van der Waals surface area contributed by atoms with E-state index in [9.17, 15) is 18.0 Å². The van der Waals surface area contributed by atoms with Gasteiger partial charge in [-0.25, -0.2) is 12.7 Å². The smallest absolute Gasteiger partial charge is 0.250 e. The minimum Gasteiger partial charge on any atom is -0.358 e. The summed E-state index contributed by atoms with van der Waals surface area (Å²) >= 11 is 0. The van der Waals surface area contributed by atoms with Crippen molar-refractivity contribution >= 4 is 33.2 Å². The second-order valence-electron chi connectivity index (χ2n) is 8.97. The number of hydrogen-bond acceptors (Lipinski definition) is 5. The van der Waals surface area contributed by atoms with Gasteiger partial charge in [-0.3, -0.25) is 14.5 Å².